The molecule has 0 aliphatic carbocycles. The summed E-state index contributed by atoms with van der Waals surface area (Å²) in [6, 6.07) is 2.26. The Morgan fingerprint density at radius 2 is 2.08 bits per heavy atom. The SMILES string of the molecule is COC(=O)C=CC(C)Oc1cc(-n2nc(C(C)C)oc2=O)c(F)cc1Cl. The van der Waals surface area contributed by atoms with Crippen molar-refractivity contribution < 1.29 is 23.1 Å². The first-order chi connectivity index (χ1) is 12.2. The number of aromatic nitrogens is 2. The Morgan fingerprint density at radius 1 is 1.38 bits per heavy atom. The minimum absolute atomic E-state index is 0.00481. The quantitative estimate of drug-likeness (QED) is 0.561. The van der Waals surface area contributed by atoms with Crippen LogP contribution in [0.15, 0.2) is 33.5 Å². The Labute approximate surface area is 154 Å². The van der Waals surface area contributed by atoms with Gasteiger partial charge in [-0.2, -0.15) is 4.68 Å². The second-order valence-corrected chi connectivity index (χ2v) is 6.12. The van der Waals surface area contributed by atoms with Gasteiger partial charge in [-0.15, -0.1) is 5.10 Å². The molecule has 0 saturated heterocycles. The molecule has 140 valence electrons. The van der Waals surface area contributed by atoms with Crippen LogP contribution in [-0.4, -0.2) is 29.0 Å². The topological polar surface area (TPSA) is 83.6 Å². The molecule has 0 fully saturated rings. The van der Waals surface area contributed by atoms with E-state index in [9.17, 15) is 14.0 Å². The van der Waals surface area contributed by atoms with Crippen molar-refractivity contribution in [2.75, 3.05) is 7.11 Å². The summed E-state index contributed by atoms with van der Waals surface area (Å²) in [4.78, 5) is 23.1. The summed E-state index contributed by atoms with van der Waals surface area (Å²) in [5, 5.41) is 3.99. The second-order valence-electron chi connectivity index (χ2n) is 5.71. The van der Waals surface area contributed by atoms with Crippen LogP contribution in [0, 0.1) is 5.82 Å². The van der Waals surface area contributed by atoms with E-state index < -0.39 is 23.6 Å². The van der Waals surface area contributed by atoms with Gasteiger partial charge in [0.15, 0.2) is 5.82 Å². The van der Waals surface area contributed by atoms with Gasteiger partial charge < -0.3 is 13.9 Å². The van der Waals surface area contributed by atoms with Crippen LogP contribution >= 0.6 is 11.6 Å². The maximum absolute atomic E-state index is 14.3. The number of carbonyl (C=O) groups is 1. The lowest BCUT2D eigenvalue weighted by atomic mass is 10.2. The Hall–Kier alpha value is -2.61. The summed E-state index contributed by atoms with van der Waals surface area (Å²) < 4.78 is 30.2. The molecule has 2 aromatic rings. The van der Waals surface area contributed by atoms with Crippen LogP contribution in [0.2, 0.25) is 5.02 Å². The second kappa shape index (κ2) is 8.18. The lowest BCUT2D eigenvalue weighted by molar-refractivity contribution is -0.134. The van der Waals surface area contributed by atoms with Crippen molar-refractivity contribution in [3.63, 3.8) is 0 Å². The van der Waals surface area contributed by atoms with Gasteiger partial charge in [-0.05, 0) is 19.1 Å². The Kier molecular flexibility index (Phi) is 6.20. The van der Waals surface area contributed by atoms with Gasteiger partial charge in [0.2, 0.25) is 5.89 Å². The van der Waals surface area contributed by atoms with E-state index in [1.807, 2.05) is 0 Å². The zero-order valence-electron chi connectivity index (χ0n) is 14.7. The monoisotopic (exact) mass is 384 g/mol. The van der Waals surface area contributed by atoms with E-state index in [0.29, 0.717) is 0 Å². The van der Waals surface area contributed by atoms with Gasteiger partial charge in [-0.3, -0.25) is 0 Å². The standard InChI is InChI=1S/C17H18ClFN2O5/c1-9(2)16-20-21(17(23)26-16)13-8-14(11(18)7-12(13)19)25-10(3)5-6-15(22)24-4/h5-10H,1-4H3. The van der Waals surface area contributed by atoms with Crippen LogP contribution in [-0.2, 0) is 9.53 Å². The third-order valence-electron chi connectivity index (χ3n) is 3.30. The zero-order valence-corrected chi connectivity index (χ0v) is 15.4. The molecule has 1 aromatic carbocycles. The van der Waals surface area contributed by atoms with E-state index in [-0.39, 0.29) is 28.3 Å². The molecule has 2 rings (SSSR count). The number of hydrogen-bond donors (Lipinski definition) is 0. The molecule has 1 unspecified atom stereocenters. The minimum atomic E-state index is -0.820. The molecule has 0 amide bonds. The summed E-state index contributed by atoms with van der Waals surface area (Å²) >= 11 is 6.01. The number of esters is 1. The molecular formula is C17H18ClFN2O5. The highest BCUT2D eigenvalue weighted by molar-refractivity contribution is 6.32. The van der Waals surface area contributed by atoms with E-state index in [2.05, 4.69) is 9.84 Å². The van der Waals surface area contributed by atoms with Gasteiger partial charge in [0, 0.05) is 18.1 Å². The van der Waals surface area contributed by atoms with Crippen LogP contribution in [0.4, 0.5) is 4.39 Å². The highest BCUT2D eigenvalue weighted by atomic mass is 35.5. The van der Waals surface area contributed by atoms with Crippen molar-refractivity contribution in [2.24, 2.45) is 0 Å². The highest BCUT2D eigenvalue weighted by Crippen LogP contribution is 2.30. The number of hydrogen-bond acceptors (Lipinski definition) is 6. The van der Waals surface area contributed by atoms with Crippen LogP contribution in [0.1, 0.15) is 32.6 Å². The Bertz CT molecular complexity index is 888. The average Bonchev–Trinajstić information content (AvgIpc) is 2.97. The molecule has 0 saturated carbocycles. The number of carbonyl (C=O) groups excluding carboxylic acids is 1. The summed E-state index contributed by atoms with van der Waals surface area (Å²) in [6.45, 7) is 5.23. The smallest absolute Gasteiger partial charge is 0.442 e. The third-order valence-corrected chi connectivity index (χ3v) is 3.60. The van der Waals surface area contributed by atoms with Crippen LogP contribution in [0.5, 0.6) is 5.75 Å². The van der Waals surface area contributed by atoms with E-state index in [0.717, 1.165) is 10.7 Å². The summed E-state index contributed by atoms with van der Waals surface area (Å²) in [7, 11) is 1.25. The number of rotatable bonds is 6. The molecule has 7 nitrogen and oxygen atoms in total. The van der Waals surface area contributed by atoms with E-state index in [4.69, 9.17) is 20.8 Å². The first kappa shape index (κ1) is 19.7. The molecule has 1 atom stereocenters. The van der Waals surface area contributed by atoms with Gasteiger partial charge in [-0.25, -0.2) is 14.0 Å². The fourth-order valence-corrected chi connectivity index (χ4v) is 2.17. The number of benzene rings is 1. The molecule has 1 heterocycles. The molecule has 0 radical (unpaired) electrons. The molecule has 0 aliphatic heterocycles. The van der Waals surface area contributed by atoms with Gasteiger partial charge in [-0.1, -0.05) is 25.4 Å². The highest BCUT2D eigenvalue weighted by Gasteiger charge is 2.19. The first-order valence-electron chi connectivity index (χ1n) is 7.75. The molecule has 9 heteroatoms. The number of halogens is 2. The molecule has 0 aliphatic rings. The van der Waals surface area contributed by atoms with Crippen LogP contribution in [0.3, 0.4) is 0 Å². The molecule has 0 N–H and O–H groups in total. The molecule has 0 spiro atoms. The van der Waals surface area contributed by atoms with Gasteiger partial charge in [0.1, 0.15) is 17.5 Å². The minimum Gasteiger partial charge on any atom is -0.485 e. The lowest BCUT2D eigenvalue weighted by Gasteiger charge is -2.14. The van der Waals surface area contributed by atoms with Gasteiger partial charge in [0.05, 0.1) is 12.1 Å². The fourth-order valence-electron chi connectivity index (χ4n) is 1.97. The largest absolute Gasteiger partial charge is 0.485 e. The predicted molar refractivity (Wildman–Crippen MR) is 92.4 cm³/mol. The Morgan fingerprint density at radius 3 is 2.65 bits per heavy atom. The maximum atomic E-state index is 14.3. The van der Waals surface area contributed by atoms with Crippen molar-refractivity contribution >= 4 is 17.6 Å². The summed E-state index contributed by atoms with van der Waals surface area (Å²) in [5.41, 5.74) is -0.158. The summed E-state index contributed by atoms with van der Waals surface area (Å²) in [6.07, 6.45) is 2.08. The van der Waals surface area contributed by atoms with Crippen LogP contribution in [0.25, 0.3) is 5.69 Å². The lowest BCUT2D eigenvalue weighted by Crippen LogP contribution is -2.16. The van der Waals surface area contributed by atoms with Crippen molar-refractivity contribution in [1.82, 2.24) is 9.78 Å². The van der Waals surface area contributed by atoms with E-state index in [1.54, 1.807) is 20.8 Å². The van der Waals surface area contributed by atoms with Crippen molar-refractivity contribution in [3.8, 4) is 11.4 Å². The molecular weight excluding hydrogens is 367 g/mol. The first-order valence-corrected chi connectivity index (χ1v) is 8.13. The number of nitrogens with zero attached hydrogens (tertiary/aromatic N) is 2. The van der Waals surface area contributed by atoms with Crippen molar-refractivity contribution in [1.29, 1.82) is 0 Å². The van der Waals surface area contributed by atoms with E-state index >= 15 is 0 Å². The van der Waals surface area contributed by atoms with Crippen LogP contribution < -0.4 is 10.5 Å². The van der Waals surface area contributed by atoms with Crippen molar-refractivity contribution in [2.45, 2.75) is 32.8 Å². The third kappa shape index (κ3) is 4.51. The molecule has 26 heavy (non-hydrogen) atoms. The molecule has 1 aromatic heterocycles. The summed E-state index contributed by atoms with van der Waals surface area (Å²) in [5.74, 6) is -1.96. The van der Waals surface area contributed by atoms with E-state index in [1.165, 1.54) is 25.3 Å². The predicted octanol–water partition coefficient (Wildman–Crippen LogP) is 3.24. The van der Waals surface area contributed by atoms with Crippen molar-refractivity contribution in [3.05, 3.63) is 51.6 Å². The maximum Gasteiger partial charge on any atom is 0.442 e. The van der Waals surface area contributed by atoms with Gasteiger partial charge >= 0.3 is 11.7 Å². The average molecular weight is 385 g/mol. The zero-order chi connectivity index (χ0) is 19.4. The number of methoxy groups -OCH3 is 1. The fraction of sp³-hybridized carbons (Fsp3) is 0.353. The number of ether oxygens (including phenoxy) is 2. The Balaban J connectivity index is 2.36. The normalized spacial score (nSPS) is 12.6. The molecule has 0 bridgehead atoms. The van der Waals surface area contributed by atoms with Gasteiger partial charge in [0.25, 0.3) is 0 Å².